The molecule has 0 saturated heterocycles. The van der Waals surface area contributed by atoms with Gasteiger partial charge in [0.1, 0.15) is 4.83 Å². The number of aryl methyl sites for hydroxylation is 2. The molecule has 1 amide bonds. The molecule has 0 radical (unpaired) electrons. The Morgan fingerprint density at radius 3 is 2.82 bits per heavy atom. The number of hydrogen-bond donors (Lipinski definition) is 1. The van der Waals surface area contributed by atoms with Crippen LogP contribution < -0.4 is 10.9 Å². The molecule has 168 valence electrons. The Kier molecular flexibility index (Phi) is 6.08. The lowest BCUT2D eigenvalue weighted by Crippen LogP contribution is -2.23. The van der Waals surface area contributed by atoms with E-state index in [0.29, 0.717) is 11.1 Å². The number of carbonyl (C=O) groups excluding carboxylic acids is 1. The van der Waals surface area contributed by atoms with Crippen molar-refractivity contribution in [1.29, 1.82) is 0 Å². The Bertz CT molecular complexity index is 1390. The minimum absolute atomic E-state index is 0.0418. The molecule has 1 aliphatic rings. The molecule has 33 heavy (non-hydrogen) atoms. The Morgan fingerprint density at radius 1 is 1.21 bits per heavy atom. The van der Waals surface area contributed by atoms with E-state index in [4.69, 9.17) is 4.98 Å². The number of benzene rings is 2. The largest absolute Gasteiger partial charge is 0.325 e. The minimum Gasteiger partial charge on any atom is -0.325 e. The normalized spacial score (nSPS) is 15.4. The quantitative estimate of drug-likeness (QED) is 0.301. The fourth-order valence-electron chi connectivity index (χ4n) is 4.32. The van der Waals surface area contributed by atoms with Gasteiger partial charge in [-0.15, -0.1) is 11.3 Å². The van der Waals surface area contributed by atoms with E-state index < -0.39 is 0 Å². The summed E-state index contributed by atoms with van der Waals surface area (Å²) >= 11 is 2.93. The molecule has 2 heterocycles. The first-order valence-corrected chi connectivity index (χ1v) is 12.9. The lowest BCUT2D eigenvalue weighted by atomic mass is 9.89. The maximum absolute atomic E-state index is 13.8. The molecule has 2 aromatic carbocycles. The molecule has 0 bridgehead atoms. The number of nitrogens with one attached hydrogen (secondary N) is 1. The summed E-state index contributed by atoms with van der Waals surface area (Å²) in [5, 5.41) is 4.23. The topological polar surface area (TPSA) is 64.0 Å². The van der Waals surface area contributed by atoms with E-state index in [2.05, 4.69) is 12.2 Å². The van der Waals surface area contributed by atoms with Crippen molar-refractivity contribution in [1.82, 2.24) is 9.55 Å². The third kappa shape index (κ3) is 4.48. The van der Waals surface area contributed by atoms with Crippen LogP contribution in [0.25, 0.3) is 15.9 Å². The molecule has 5 rings (SSSR count). The Labute approximate surface area is 200 Å². The maximum atomic E-state index is 13.8. The summed E-state index contributed by atoms with van der Waals surface area (Å²) in [6.45, 7) is 4.25. The molecule has 0 aliphatic heterocycles. The molecule has 0 saturated carbocycles. The average Bonchev–Trinajstić information content (AvgIpc) is 3.16. The van der Waals surface area contributed by atoms with Crippen LogP contribution in [0.2, 0.25) is 0 Å². The molecule has 1 aliphatic carbocycles. The molecule has 5 nitrogen and oxygen atoms in total. The van der Waals surface area contributed by atoms with Gasteiger partial charge in [0.25, 0.3) is 5.56 Å². The highest BCUT2D eigenvalue weighted by molar-refractivity contribution is 7.99. The van der Waals surface area contributed by atoms with E-state index in [1.165, 1.54) is 22.2 Å². The molecule has 2 aromatic heterocycles. The Balaban J connectivity index is 1.52. The van der Waals surface area contributed by atoms with Crippen molar-refractivity contribution in [3.63, 3.8) is 0 Å². The predicted molar refractivity (Wildman–Crippen MR) is 137 cm³/mol. The summed E-state index contributed by atoms with van der Waals surface area (Å²) in [6, 6.07) is 17.3. The molecular formula is C26H25N3O2S2. The van der Waals surface area contributed by atoms with Crippen molar-refractivity contribution in [3.05, 3.63) is 81.0 Å². The van der Waals surface area contributed by atoms with E-state index in [9.17, 15) is 9.59 Å². The van der Waals surface area contributed by atoms with Gasteiger partial charge >= 0.3 is 0 Å². The molecule has 0 spiro atoms. The van der Waals surface area contributed by atoms with Crippen molar-refractivity contribution in [2.75, 3.05) is 11.1 Å². The number of thiophene rings is 1. The van der Waals surface area contributed by atoms with Crippen LogP contribution in [0.4, 0.5) is 5.69 Å². The van der Waals surface area contributed by atoms with Crippen molar-refractivity contribution in [3.8, 4) is 5.69 Å². The number of aromatic nitrogens is 2. The molecule has 0 fully saturated rings. The molecule has 1 atom stereocenters. The van der Waals surface area contributed by atoms with Gasteiger partial charge in [0.05, 0.1) is 16.8 Å². The standard InChI is InChI=1S/C26H25N3O2S2/c1-16-7-6-8-18(13-16)27-22(30)15-32-26-28-24-23(20-12-11-17(2)14-21(20)33-24)25(31)29(26)19-9-4-3-5-10-19/h3-10,13,17H,11-12,14-15H2,1-2H3,(H,27,30)/t17-/m0/s1. The van der Waals surface area contributed by atoms with E-state index >= 15 is 0 Å². The van der Waals surface area contributed by atoms with Crippen molar-refractivity contribution < 1.29 is 4.79 Å². The number of fused-ring (bicyclic) bond motifs is 3. The Hall–Kier alpha value is -2.90. The summed E-state index contributed by atoms with van der Waals surface area (Å²) in [4.78, 5) is 33.4. The lowest BCUT2D eigenvalue weighted by Gasteiger charge is -2.17. The van der Waals surface area contributed by atoms with Gasteiger partial charge in [-0.1, -0.05) is 49.0 Å². The number of thioether (sulfide) groups is 1. The molecule has 4 aromatic rings. The van der Waals surface area contributed by atoms with Crippen LogP contribution in [0, 0.1) is 12.8 Å². The highest BCUT2D eigenvalue weighted by Crippen LogP contribution is 2.37. The predicted octanol–water partition coefficient (Wildman–Crippen LogP) is 5.61. The smallest absolute Gasteiger partial charge is 0.267 e. The number of rotatable bonds is 5. The lowest BCUT2D eigenvalue weighted by molar-refractivity contribution is -0.113. The van der Waals surface area contributed by atoms with Crippen LogP contribution in [0.15, 0.2) is 64.5 Å². The summed E-state index contributed by atoms with van der Waals surface area (Å²) in [7, 11) is 0. The van der Waals surface area contributed by atoms with Crippen LogP contribution in [-0.2, 0) is 17.6 Å². The second kappa shape index (κ2) is 9.15. The first kappa shape index (κ1) is 21.9. The third-order valence-corrected chi connectivity index (χ3v) is 8.03. The van der Waals surface area contributed by atoms with Gasteiger partial charge in [0.2, 0.25) is 5.91 Å². The zero-order valence-electron chi connectivity index (χ0n) is 18.6. The molecule has 0 unspecified atom stereocenters. The van der Waals surface area contributed by atoms with Gasteiger partial charge in [-0.25, -0.2) is 4.98 Å². The van der Waals surface area contributed by atoms with Gasteiger partial charge in [-0.05, 0) is 67.5 Å². The SMILES string of the molecule is Cc1cccc(NC(=O)CSc2nc3sc4c(c3c(=O)n2-c2ccccc2)CC[C@H](C)C4)c1. The van der Waals surface area contributed by atoms with Crippen LogP contribution in [-0.4, -0.2) is 21.2 Å². The fraction of sp³-hybridized carbons (Fsp3) is 0.269. The van der Waals surface area contributed by atoms with Crippen molar-refractivity contribution in [2.45, 2.75) is 38.3 Å². The van der Waals surface area contributed by atoms with Gasteiger partial charge in [0, 0.05) is 10.6 Å². The number of para-hydroxylation sites is 1. The zero-order chi connectivity index (χ0) is 22.9. The van der Waals surface area contributed by atoms with Crippen molar-refractivity contribution >= 4 is 44.9 Å². The zero-order valence-corrected chi connectivity index (χ0v) is 20.3. The second-order valence-corrected chi connectivity index (χ2v) is 10.6. The second-order valence-electron chi connectivity index (χ2n) is 8.61. The van der Waals surface area contributed by atoms with Crippen LogP contribution in [0.1, 0.15) is 29.3 Å². The van der Waals surface area contributed by atoms with Crippen LogP contribution in [0.5, 0.6) is 0 Å². The number of amides is 1. The van der Waals surface area contributed by atoms with Crippen molar-refractivity contribution in [2.24, 2.45) is 5.92 Å². The fourth-order valence-corrected chi connectivity index (χ4v) is 6.56. The summed E-state index contributed by atoms with van der Waals surface area (Å²) in [5.41, 5.74) is 3.75. The average molecular weight is 476 g/mol. The summed E-state index contributed by atoms with van der Waals surface area (Å²) in [6.07, 6.45) is 3.02. The molecule has 1 N–H and O–H groups in total. The number of anilines is 1. The van der Waals surface area contributed by atoms with E-state index in [1.807, 2.05) is 61.5 Å². The molecule has 7 heteroatoms. The number of nitrogens with zero attached hydrogens (tertiary/aromatic N) is 2. The highest BCUT2D eigenvalue weighted by Gasteiger charge is 2.25. The Morgan fingerprint density at radius 2 is 2.03 bits per heavy atom. The summed E-state index contributed by atoms with van der Waals surface area (Å²) < 4.78 is 1.66. The van der Waals surface area contributed by atoms with Gasteiger partial charge in [-0.2, -0.15) is 0 Å². The van der Waals surface area contributed by atoms with Crippen LogP contribution in [0.3, 0.4) is 0 Å². The summed E-state index contributed by atoms with van der Waals surface area (Å²) in [5.74, 6) is 0.667. The van der Waals surface area contributed by atoms with Gasteiger partial charge in [0.15, 0.2) is 5.16 Å². The monoisotopic (exact) mass is 475 g/mol. The highest BCUT2D eigenvalue weighted by atomic mass is 32.2. The first-order chi connectivity index (χ1) is 16.0. The first-order valence-electron chi connectivity index (χ1n) is 11.1. The maximum Gasteiger partial charge on any atom is 0.267 e. The third-order valence-electron chi connectivity index (χ3n) is 5.95. The van der Waals surface area contributed by atoms with E-state index in [1.54, 1.807) is 15.9 Å². The van der Waals surface area contributed by atoms with Gasteiger partial charge in [-0.3, -0.25) is 14.2 Å². The number of carbonyl (C=O) groups is 1. The molecular weight excluding hydrogens is 450 g/mol. The minimum atomic E-state index is -0.126. The van der Waals surface area contributed by atoms with Gasteiger partial charge < -0.3 is 5.32 Å². The number of hydrogen-bond acceptors (Lipinski definition) is 5. The van der Waals surface area contributed by atoms with E-state index in [0.717, 1.165) is 46.4 Å². The van der Waals surface area contributed by atoms with E-state index in [-0.39, 0.29) is 17.2 Å². The van der Waals surface area contributed by atoms with Crippen LogP contribution >= 0.6 is 23.1 Å².